The molecule has 0 saturated heterocycles. The van der Waals surface area contributed by atoms with Gasteiger partial charge >= 0.3 is 6.36 Å². The number of amides is 1. The van der Waals surface area contributed by atoms with Crippen molar-refractivity contribution in [3.63, 3.8) is 0 Å². The summed E-state index contributed by atoms with van der Waals surface area (Å²) in [6, 6.07) is 4.21. The van der Waals surface area contributed by atoms with Gasteiger partial charge in [-0.25, -0.2) is 0 Å². The summed E-state index contributed by atoms with van der Waals surface area (Å²) >= 11 is 0. The third-order valence-corrected chi connectivity index (χ3v) is 1.75. The minimum atomic E-state index is -4.76. The largest absolute Gasteiger partial charge is 0.573 e. The molecule has 0 aliphatic heterocycles. The van der Waals surface area contributed by atoms with E-state index < -0.39 is 24.1 Å². The van der Waals surface area contributed by atoms with E-state index in [1.54, 1.807) is 0 Å². The van der Waals surface area contributed by atoms with Crippen LogP contribution in [0.3, 0.4) is 0 Å². The smallest absolute Gasteiger partial charge is 0.406 e. The van der Waals surface area contributed by atoms with E-state index in [9.17, 15) is 18.0 Å². The van der Waals surface area contributed by atoms with Gasteiger partial charge in [0.1, 0.15) is 5.75 Å². The van der Waals surface area contributed by atoms with Crippen LogP contribution in [0, 0.1) is 0 Å². The Morgan fingerprint density at radius 3 is 2.56 bits per heavy atom. The molecule has 8 heteroatoms. The molecule has 0 fully saturated rings. The summed E-state index contributed by atoms with van der Waals surface area (Å²) in [5.74, 6) is -0.894. The Balaban J connectivity index is 0.00000289. The van der Waals surface area contributed by atoms with Gasteiger partial charge in [-0.1, -0.05) is 6.07 Å². The highest BCUT2D eigenvalue weighted by molar-refractivity contribution is 5.94. The molecule has 0 unspecified atom stereocenters. The molecule has 0 aliphatic carbocycles. The van der Waals surface area contributed by atoms with Crippen molar-refractivity contribution in [2.75, 3.05) is 5.32 Å². The lowest BCUT2D eigenvalue weighted by Gasteiger charge is -2.11. The van der Waals surface area contributed by atoms with Gasteiger partial charge in [0.2, 0.25) is 5.91 Å². The molecule has 0 spiro atoms. The van der Waals surface area contributed by atoms with E-state index in [-0.39, 0.29) is 18.1 Å². The molecule has 0 radical (unpaired) electrons. The Morgan fingerprint density at radius 1 is 1.44 bits per heavy atom. The van der Waals surface area contributed by atoms with E-state index in [0.29, 0.717) is 0 Å². The molecular weight excluding hydrogens is 273 g/mol. The van der Waals surface area contributed by atoms with Crippen molar-refractivity contribution >= 4 is 24.0 Å². The number of carbonyl (C=O) groups excluding carboxylic acids is 1. The number of hydrogen-bond donors (Lipinski definition) is 2. The molecule has 18 heavy (non-hydrogen) atoms. The van der Waals surface area contributed by atoms with E-state index in [0.717, 1.165) is 12.1 Å². The number of hydrogen-bond acceptors (Lipinski definition) is 3. The molecule has 0 saturated carbocycles. The first kappa shape index (κ1) is 16.5. The first-order valence-corrected chi connectivity index (χ1v) is 4.70. The molecule has 1 atom stereocenters. The first-order valence-electron chi connectivity index (χ1n) is 4.70. The maximum absolute atomic E-state index is 11.9. The summed E-state index contributed by atoms with van der Waals surface area (Å²) in [6.45, 7) is 1.46. The van der Waals surface area contributed by atoms with Crippen molar-refractivity contribution in [1.82, 2.24) is 0 Å². The van der Waals surface area contributed by atoms with Crippen LogP contribution in [-0.2, 0) is 4.79 Å². The molecule has 1 amide bonds. The highest BCUT2D eigenvalue weighted by atomic mass is 35.5. The van der Waals surface area contributed by atoms with Gasteiger partial charge in [0, 0.05) is 11.8 Å². The number of anilines is 1. The topological polar surface area (TPSA) is 64.4 Å². The van der Waals surface area contributed by atoms with Gasteiger partial charge in [0.05, 0.1) is 6.04 Å². The molecule has 102 valence electrons. The minimum Gasteiger partial charge on any atom is -0.406 e. The lowest BCUT2D eigenvalue weighted by atomic mass is 10.2. The highest BCUT2D eigenvalue weighted by Gasteiger charge is 2.31. The number of rotatable bonds is 3. The number of halogens is 4. The fourth-order valence-electron chi connectivity index (χ4n) is 1.03. The molecule has 0 aromatic heterocycles. The van der Waals surface area contributed by atoms with Crippen LogP contribution >= 0.6 is 12.4 Å². The van der Waals surface area contributed by atoms with E-state index in [1.165, 1.54) is 19.1 Å². The summed E-state index contributed by atoms with van der Waals surface area (Å²) in [5.41, 5.74) is 5.49. The third kappa shape index (κ3) is 5.74. The van der Waals surface area contributed by atoms with Crippen molar-refractivity contribution in [3.8, 4) is 5.75 Å². The number of nitrogens with two attached hydrogens (primary N) is 1. The highest BCUT2D eigenvalue weighted by Crippen LogP contribution is 2.24. The number of ether oxygens (including phenoxy) is 1. The molecule has 0 aliphatic rings. The normalized spacial score (nSPS) is 12.3. The third-order valence-electron chi connectivity index (χ3n) is 1.75. The molecule has 3 N–H and O–H groups in total. The van der Waals surface area contributed by atoms with Crippen molar-refractivity contribution < 1.29 is 22.7 Å². The van der Waals surface area contributed by atoms with Crippen molar-refractivity contribution in [2.24, 2.45) is 5.73 Å². The molecule has 0 bridgehead atoms. The summed E-state index contributed by atoms with van der Waals surface area (Å²) in [6.07, 6.45) is -4.76. The Labute approximate surface area is 108 Å². The molecular formula is C10H12ClF3N2O2. The first-order chi connectivity index (χ1) is 7.78. The molecule has 0 heterocycles. The van der Waals surface area contributed by atoms with Gasteiger partial charge in [0.15, 0.2) is 0 Å². The number of benzene rings is 1. The average Bonchev–Trinajstić information content (AvgIpc) is 2.15. The fourth-order valence-corrected chi connectivity index (χ4v) is 1.03. The van der Waals surface area contributed by atoms with Gasteiger partial charge in [-0.05, 0) is 19.1 Å². The van der Waals surface area contributed by atoms with Gasteiger partial charge in [0.25, 0.3) is 0 Å². The van der Waals surface area contributed by atoms with Crippen LogP contribution in [-0.4, -0.2) is 18.3 Å². The zero-order valence-electron chi connectivity index (χ0n) is 9.32. The van der Waals surface area contributed by atoms with E-state index in [2.05, 4.69) is 10.1 Å². The van der Waals surface area contributed by atoms with Gasteiger partial charge in [-0.2, -0.15) is 0 Å². The fraction of sp³-hybridized carbons (Fsp3) is 0.300. The quantitative estimate of drug-likeness (QED) is 0.895. The van der Waals surface area contributed by atoms with Gasteiger partial charge in [-0.15, -0.1) is 25.6 Å². The lowest BCUT2D eigenvalue weighted by Crippen LogP contribution is -2.32. The van der Waals surface area contributed by atoms with E-state index in [1.807, 2.05) is 0 Å². The molecule has 1 aromatic rings. The monoisotopic (exact) mass is 284 g/mol. The van der Waals surface area contributed by atoms with Crippen LogP contribution in [0.1, 0.15) is 6.92 Å². The second-order valence-electron chi connectivity index (χ2n) is 3.35. The summed E-state index contributed by atoms with van der Waals surface area (Å²) < 4.78 is 39.5. The molecule has 1 rings (SSSR count). The number of nitrogens with one attached hydrogen (secondary N) is 1. The summed E-state index contributed by atoms with van der Waals surface area (Å²) in [7, 11) is 0. The molecule has 1 aromatic carbocycles. The summed E-state index contributed by atoms with van der Waals surface area (Å²) in [4.78, 5) is 11.2. The van der Waals surface area contributed by atoms with Gasteiger partial charge in [-0.3, -0.25) is 4.79 Å². The average molecular weight is 285 g/mol. The van der Waals surface area contributed by atoms with Crippen LogP contribution in [0.5, 0.6) is 5.75 Å². The maximum Gasteiger partial charge on any atom is 0.573 e. The Kier molecular flexibility index (Phi) is 5.93. The number of carbonyl (C=O) groups is 1. The standard InChI is InChI=1S/C10H11F3N2O2.ClH/c1-6(14)9(16)15-7-3-2-4-8(5-7)17-10(11,12)13;/h2-6H,14H2,1H3,(H,15,16);1H/t6-;/m1./s1. The second-order valence-corrected chi connectivity index (χ2v) is 3.35. The molecule has 4 nitrogen and oxygen atoms in total. The van der Waals surface area contributed by atoms with Gasteiger partial charge < -0.3 is 15.8 Å². The zero-order chi connectivity index (χ0) is 13.1. The summed E-state index contributed by atoms with van der Waals surface area (Å²) in [5, 5.41) is 2.36. The Hall–Kier alpha value is -1.47. The van der Waals surface area contributed by atoms with Crippen LogP contribution in [0.4, 0.5) is 18.9 Å². The van der Waals surface area contributed by atoms with E-state index >= 15 is 0 Å². The second kappa shape index (κ2) is 6.46. The van der Waals surface area contributed by atoms with Crippen molar-refractivity contribution in [3.05, 3.63) is 24.3 Å². The maximum atomic E-state index is 11.9. The van der Waals surface area contributed by atoms with Crippen molar-refractivity contribution in [1.29, 1.82) is 0 Å². The SMILES string of the molecule is C[C@@H](N)C(=O)Nc1cccc(OC(F)(F)F)c1.Cl. The van der Waals surface area contributed by atoms with Crippen LogP contribution in [0.2, 0.25) is 0 Å². The number of alkyl halides is 3. The predicted molar refractivity (Wildman–Crippen MR) is 62.7 cm³/mol. The van der Waals surface area contributed by atoms with E-state index in [4.69, 9.17) is 5.73 Å². The van der Waals surface area contributed by atoms with Crippen molar-refractivity contribution in [2.45, 2.75) is 19.3 Å². The predicted octanol–water partition coefficient (Wildman–Crippen LogP) is 2.29. The van der Waals surface area contributed by atoms with Crippen LogP contribution in [0.15, 0.2) is 24.3 Å². The van der Waals surface area contributed by atoms with Crippen LogP contribution < -0.4 is 15.8 Å². The Bertz CT molecular complexity index is 410. The minimum absolute atomic E-state index is 0. The zero-order valence-corrected chi connectivity index (χ0v) is 10.1. The Morgan fingerprint density at radius 2 is 2.06 bits per heavy atom. The van der Waals surface area contributed by atoms with Crippen LogP contribution in [0.25, 0.3) is 0 Å². The lowest BCUT2D eigenvalue weighted by molar-refractivity contribution is -0.274.